The maximum absolute atomic E-state index is 14.5. The largest absolute Gasteiger partial charge is 0.354 e. The highest BCUT2D eigenvalue weighted by Crippen LogP contribution is 2.21. The summed E-state index contributed by atoms with van der Waals surface area (Å²) in [5.41, 5.74) is 8.23. The Morgan fingerprint density at radius 1 is 0.760 bits per heavy atom. The zero-order valence-corrected chi connectivity index (χ0v) is 29.4. The second-order valence-electron chi connectivity index (χ2n) is 13.0. The maximum Gasteiger partial charge on any atom is 0.246 e. The minimum atomic E-state index is -1.08. The van der Waals surface area contributed by atoms with Crippen molar-refractivity contribution in [2.45, 2.75) is 70.0 Å². The number of carbonyl (C=O) groups is 3. The Hall–Kier alpha value is -4.89. The summed E-state index contributed by atoms with van der Waals surface area (Å²) >= 11 is 0. The fourth-order valence-electron chi connectivity index (χ4n) is 5.96. The Morgan fingerprint density at radius 3 is 2.06 bits per heavy atom. The van der Waals surface area contributed by atoms with Crippen LogP contribution in [0.3, 0.4) is 0 Å². The molecule has 50 heavy (non-hydrogen) atoms. The molecule has 0 aromatic heterocycles. The van der Waals surface area contributed by atoms with Crippen LogP contribution in [0.1, 0.15) is 49.8 Å². The van der Waals surface area contributed by atoms with Crippen molar-refractivity contribution in [3.8, 4) is 0 Å². The van der Waals surface area contributed by atoms with Crippen molar-refractivity contribution < 1.29 is 23.2 Å². The molecular weight excluding hydrogens is 634 g/mol. The zero-order valence-electron chi connectivity index (χ0n) is 29.4. The van der Waals surface area contributed by atoms with Gasteiger partial charge in [-0.3, -0.25) is 14.4 Å². The molecule has 0 aliphatic heterocycles. The van der Waals surface area contributed by atoms with Crippen LogP contribution in [0.4, 0.5) is 8.78 Å². The van der Waals surface area contributed by atoms with Crippen molar-refractivity contribution in [3.63, 3.8) is 0 Å². The van der Waals surface area contributed by atoms with Crippen molar-refractivity contribution in [2.24, 2.45) is 5.73 Å². The lowest BCUT2D eigenvalue weighted by Crippen LogP contribution is -2.56. The van der Waals surface area contributed by atoms with Gasteiger partial charge in [-0.2, -0.15) is 0 Å². The zero-order chi connectivity index (χ0) is 36.3. The van der Waals surface area contributed by atoms with E-state index in [0.29, 0.717) is 24.9 Å². The minimum Gasteiger partial charge on any atom is -0.354 e. The first-order valence-electron chi connectivity index (χ1n) is 17.2. The van der Waals surface area contributed by atoms with Gasteiger partial charge in [0.05, 0.1) is 0 Å². The van der Waals surface area contributed by atoms with E-state index in [2.05, 4.69) is 5.32 Å². The van der Waals surface area contributed by atoms with E-state index in [4.69, 9.17) is 5.73 Å². The Kier molecular flexibility index (Phi) is 13.4. The van der Waals surface area contributed by atoms with Gasteiger partial charge >= 0.3 is 0 Å². The van der Waals surface area contributed by atoms with Crippen LogP contribution >= 0.6 is 0 Å². The average molecular weight is 683 g/mol. The molecule has 4 aromatic carbocycles. The molecule has 0 spiro atoms. The summed E-state index contributed by atoms with van der Waals surface area (Å²) in [4.78, 5) is 44.6. The van der Waals surface area contributed by atoms with Crippen molar-refractivity contribution in [3.05, 3.63) is 131 Å². The van der Waals surface area contributed by atoms with Crippen LogP contribution in [-0.2, 0) is 33.6 Å². The molecule has 0 aliphatic carbocycles. The number of nitrogens with two attached hydrogens (primary N) is 1. The van der Waals surface area contributed by atoms with Crippen molar-refractivity contribution in [1.82, 2.24) is 15.1 Å². The Bertz CT molecular complexity index is 1790. The topological polar surface area (TPSA) is 95.7 Å². The van der Waals surface area contributed by atoms with E-state index < -0.39 is 41.1 Å². The van der Waals surface area contributed by atoms with E-state index in [0.717, 1.165) is 46.9 Å². The minimum absolute atomic E-state index is 0.0660. The molecule has 264 valence electrons. The number of halogens is 2. The third kappa shape index (κ3) is 10.1. The Morgan fingerprint density at radius 2 is 1.38 bits per heavy atom. The number of likely N-dealkylation sites (N-methyl/N-ethyl adjacent to an activating group) is 2. The number of hydrogen-bond acceptors (Lipinski definition) is 4. The van der Waals surface area contributed by atoms with Crippen molar-refractivity contribution in [1.29, 1.82) is 0 Å². The average Bonchev–Trinajstić information content (AvgIpc) is 3.13. The number of amides is 3. The van der Waals surface area contributed by atoms with Crippen LogP contribution < -0.4 is 11.1 Å². The summed E-state index contributed by atoms with van der Waals surface area (Å²) in [6.07, 6.45) is 5.88. The van der Waals surface area contributed by atoms with Gasteiger partial charge in [-0.25, -0.2) is 8.78 Å². The van der Waals surface area contributed by atoms with Gasteiger partial charge in [0.1, 0.15) is 12.1 Å². The van der Waals surface area contributed by atoms with E-state index >= 15 is 0 Å². The molecule has 7 nitrogen and oxygen atoms in total. The summed E-state index contributed by atoms with van der Waals surface area (Å²) in [6, 6.07) is 24.8. The first-order valence-corrected chi connectivity index (χ1v) is 17.2. The summed E-state index contributed by atoms with van der Waals surface area (Å²) in [5.74, 6) is -3.34. The molecule has 9 heteroatoms. The molecule has 3 N–H and O–H groups in total. The lowest BCUT2D eigenvalue weighted by molar-refractivity contribution is -0.146. The lowest BCUT2D eigenvalue weighted by Gasteiger charge is -2.34. The van der Waals surface area contributed by atoms with Gasteiger partial charge in [0.2, 0.25) is 17.7 Å². The molecule has 4 rings (SSSR count). The van der Waals surface area contributed by atoms with Gasteiger partial charge in [-0.1, -0.05) is 98.8 Å². The third-order valence-corrected chi connectivity index (χ3v) is 9.62. The number of rotatable bonds is 16. The van der Waals surface area contributed by atoms with Crippen LogP contribution in [-0.4, -0.2) is 65.8 Å². The normalized spacial score (nSPS) is 12.9. The molecule has 3 amide bonds. The van der Waals surface area contributed by atoms with Crippen LogP contribution in [0.5, 0.6) is 0 Å². The smallest absolute Gasteiger partial charge is 0.246 e. The standard InChI is InChI=1S/C41H48F2N4O3/c1-5-41(44,6-2)23-12-17-38(48)46(3)37(28-30-18-20-32-15-10-11-16-33(32)25-30)40(50)47(4)36(27-31-19-21-34(42)35(43)26-31)39(49)45-24-22-29-13-8-7-9-14-29/h7-21,25-26,36-37H,5-6,22-24,27-28,44H2,1-4H3,(H,45,49)/t36-,37-/m1/s1. The van der Waals surface area contributed by atoms with Gasteiger partial charge in [-0.05, 0) is 71.4 Å². The fourth-order valence-corrected chi connectivity index (χ4v) is 5.96. The fraction of sp³-hybridized carbons (Fsp3) is 0.341. The molecule has 0 aliphatic rings. The monoisotopic (exact) mass is 682 g/mol. The van der Waals surface area contributed by atoms with Crippen LogP contribution in [0.15, 0.2) is 103 Å². The molecule has 0 bridgehead atoms. The van der Waals surface area contributed by atoms with Crippen LogP contribution in [0.2, 0.25) is 0 Å². The molecule has 4 aromatic rings. The van der Waals surface area contributed by atoms with Crippen molar-refractivity contribution in [2.75, 3.05) is 20.6 Å². The number of fused-ring (bicyclic) bond motifs is 1. The number of hydrogen-bond donors (Lipinski definition) is 2. The van der Waals surface area contributed by atoms with Gasteiger partial charge < -0.3 is 20.9 Å². The van der Waals surface area contributed by atoms with E-state index in [-0.39, 0.29) is 18.7 Å². The number of carbonyl (C=O) groups excluding carboxylic acids is 3. The van der Waals surface area contributed by atoms with Gasteiger partial charge in [0.15, 0.2) is 11.6 Å². The first kappa shape index (κ1) is 37.9. The number of benzene rings is 4. The SMILES string of the molecule is CCC(N)(CC)CC=CC(=O)N(C)[C@H](Cc1ccc2ccccc2c1)C(=O)N(C)[C@H](Cc1ccc(F)c(F)c1)C(=O)NCCc1ccccc1. The van der Waals surface area contributed by atoms with Crippen LogP contribution in [0.25, 0.3) is 10.8 Å². The highest BCUT2D eigenvalue weighted by atomic mass is 19.2. The van der Waals surface area contributed by atoms with E-state index in [9.17, 15) is 23.2 Å². The Labute approximate surface area is 294 Å². The van der Waals surface area contributed by atoms with E-state index in [1.807, 2.05) is 86.6 Å². The molecule has 0 saturated heterocycles. The van der Waals surface area contributed by atoms with E-state index in [1.54, 1.807) is 13.1 Å². The predicted octanol–water partition coefficient (Wildman–Crippen LogP) is 6.38. The number of nitrogens with zero attached hydrogens (tertiary/aromatic N) is 2. The maximum atomic E-state index is 14.5. The second-order valence-corrected chi connectivity index (χ2v) is 13.0. The predicted molar refractivity (Wildman–Crippen MR) is 195 cm³/mol. The molecule has 0 fully saturated rings. The first-order chi connectivity index (χ1) is 23.9. The molecule has 2 atom stereocenters. The molecule has 0 unspecified atom stereocenters. The van der Waals surface area contributed by atoms with Gasteiger partial charge in [-0.15, -0.1) is 0 Å². The summed E-state index contributed by atoms with van der Waals surface area (Å²) in [6.45, 7) is 4.32. The molecule has 0 heterocycles. The highest BCUT2D eigenvalue weighted by molar-refractivity contribution is 5.95. The summed E-state index contributed by atoms with van der Waals surface area (Å²) in [7, 11) is 3.08. The van der Waals surface area contributed by atoms with Gasteiger partial charge in [0, 0.05) is 39.0 Å². The Balaban J connectivity index is 1.64. The van der Waals surface area contributed by atoms with Crippen LogP contribution in [0, 0.1) is 11.6 Å². The summed E-state index contributed by atoms with van der Waals surface area (Å²) in [5, 5.41) is 4.96. The highest BCUT2D eigenvalue weighted by Gasteiger charge is 2.35. The molecular formula is C41H48F2N4O3. The molecule has 0 radical (unpaired) electrons. The van der Waals surface area contributed by atoms with Gasteiger partial charge in [0.25, 0.3) is 0 Å². The quantitative estimate of drug-likeness (QED) is 0.134. The summed E-state index contributed by atoms with van der Waals surface area (Å²) < 4.78 is 28.1. The van der Waals surface area contributed by atoms with E-state index in [1.165, 1.54) is 29.0 Å². The van der Waals surface area contributed by atoms with Crippen molar-refractivity contribution >= 4 is 28.5 Å². The third-order valence-electron chi connectivity index (χ3n) is 9.62. The lowest BCUT2D eigenvalue weighted by atomic mass is 9.90. The number of nitrogens with one attached hydrogen (secondary N) is 1. The second kappa shape index (κ2) is 17.7. The molecule has 0 saturated carbocycles.